The third-order valence-electron chi connectivity index (χ3n) is 5.16. The van der Waals surface area contributed by atoms with Crippen LogP contribution in [0.25, 0.3) is 22.5 Å². The minimum absolute atomic E-state index is 0.0462. The van der Waals surface area contributed by atoms with Crippen molar-refractivity contribution in [2.45, 2.75) is 13.0 Å². The summed E-state index contributed by atoms with van der Waals surface area (Å²) in [5.41, 5.74) is 4.25. The molecule has 0 spiro atoms. The number of nitrogens with one attached hydrogen (secondary N) is 1. The first kappa shape index (κ1) is 19.0. The minimum Gasteiger partial charge on any atom is -0.478 e. The van der Waals surface area contributed by atoms with Gasteiger partial charge in [0.2, 0.25) is 0 Å². The van der Waals surface area contributed by atoms with Crippen molar-refractivity contribution in [2.75, 3.05) is 20.3 Å². The number of aromatic nitrogens is 1. The molecular weight excluding hydrogens is 368 g/mol. The van der Waals surface area contributed by atoms with Gasteiger partial charge in [0.25, 0.3) is 5.91 Å². The van der Waals surface area contributed by atoms with Crippen LogP contribution in [0.4, 0.5) is 0 Å². The number of carbonyl (C=O) groups is 2. The number of ether oxygens (including phenoxy) is 1. The Balaban J connectivity index is 1.90. The van der Waals surface area contributed by atoms with E-state index >= 15 is 0 Å². The van der Waals surface area contributed by atoms with E-state index in [4.69, 9.17) is 4.74 Å². The molecule has 6 nitrogen and oxygen atoms in total. The zero-order valence-corrected chi connectivity index (χ0v) is 16.1. The number of rotatable bonds is 7. The van der Waals surface area contributed by atoms with Crippen molar-refractivity contribution in [3.8, 4) is 22.5 Å². The highest BCUT2D eigenvalue weighted by atomic mass is 16.5. The van der Waals surface area contributed by atoms with Crippen molar-refractivity contribution in [2.24, 2.45) is 0 Å². The lowest BCUT2D eigenvalue weighted by Gasteiger charge is -2.09. The van der Waals surface area contributed by atoms with Gasteiger partial charge in [0.1, 0.15) is 0 Å². The van der Waals surface area contributed by atoms with E-state index < -0.39 is 5.97 Å². The van der Waals surface area contributed by atoms with Gasteiger partial charge in [0.05, 0.1) is 22.5 Å². The molecule has 0 saturated heterocycles. The summed E-state index contributed by atoms with van der Waals surface area (Å²) < 4.78 is 6.98. The molecule has 6 heteroatoms. The highest BCUT2D eigenvalue weighted by molar-refractivity contribution is 6.14. The largest absolute Gasteiger partial charge is 0.478 e. The van der Waals surface area contributed by atoms with Crippen LogP contribution in [0, 0.1) is 0 Å². The van der Waals surface area contributed by atoms with Crippen LogP contribution in [0.15, 0.2) is 54.6 Å². The van der Waals surface area contributed by atoms with E-state index in [1.165, 1.54) is 0 Å². The minimum atomic E-state index is -1.11. The van der Waals surface area contributed by atoms with Gasteiger partial charge in [-0.1, -0.05) is 54.6 Å². The maximum absolute atomic E-state index is 13.1. The number of carboxylic acid groups (broad SMARTS) is 1. The van der Waals surface area contributed by atoms with Crippen LogP contribution in [-0.4, -0.2) is 41.8 Å². The van der Waals surface area contributed by atoms with Crippen molar-refractivity contribution >= 4 is 11.9 Å². The van der Waals surface area contributed by atoms with Gasteiger partial charge in [-0.2, -0.15) is 0 Å². The normalized spacial score (nSPS) is 11.8. The van der Waals surface area contributed by atoms with Gasteiger partial charge in [-0.3, -0.25) is 4.79 Å². The van der Waals surface area contributed by atoms with Gasteiger partial charge >= 0.3 is 5.97 Å². The van der Waals surface area contributed by atoms with Gasteiger partial charge in [-0.15, -0.1) is 0 Å². The Morgan fingerprint density at radius 2 is 1.76 bits per heavy atom. The number of hydrogen-bond donors (Lipinski definition) is 2. The molecule has 0 aliphatic carbocycles. The molecule has 2 heterocycles. The molecule has 0 atom stereocenters. The van der Waals surface area contributed by atoms with Crippen molar-refractivity contribution < 1.29 is 19.4 Å². The van der Waals surface area contributed by atoms with Crippen LogP contribution in [-0.2, 0) is 11.3 Å². The molecular formula is C23H22N2O4. The van der Waals surface area contributed by atoms with Crippen LogP contribution < -0.4 is 5.32 Å². The fourth-order valence-electron chi connectivity index (χ4n) is 3.95. The number of nitrogens with zero attached hydrogens (tertiary/aromatic N) is 1. The predicted molar refractivity (Wildman–Crippen MR) is 110 cm³/mol. The average Bonchev–Trinajstić information content (AvgIpc) is 3.26. The molecule has 1 aromatic heterocycles. The first-order chi connectivity index (χ1) is 14.1. The molecule has 4 rings (SSSR count). The number of carbonyl (C=O) groups excluding carboxylic acids is 1. The van der Waals surface area contributed by atoms with E-state index in [0.29, 0.717) is 37.5 Å². The summed E-state index contributed by atoms with van der Waals surface area (Å²) in [6.07, 6.45) is 0.656. The fraction of sp³-hybridized carbons (Fsp3) is 0.217. The smallest absolute Gasteiger partial charge is 0.338 e. The average molecular weight is 390 g/mol. The molecule has 2 N–H and O–H groups in total. The van der Waals surface area contributed by atoms with E-state index in [1.807, 2.05) is 59.2 Å². The Labute approximate surface area is 168 Å². The highest BCUT2D eigenvalue weighted by Gasteiger charge is 2.35. The molecule has 2 aromatic carbocycles. The lowest BCUT2D eigenvalue weighted by atomic mass is 9.98. The van der Waals surface area contributed by atoms with Gasteiger partial charge in [0, 0.05) is 32.4 Å². The third-order valence-corrected chi connectivity index (χ3v) is 5.16. The number of methoxy groups -OCH3 is 1. The standard InChI is InChI=1S/C23H22N2O4/c1-29-13-7-12-24-22(26)18-19(23(27)28)20(15-8-3-2-4-9-15)25-14-16-10-5-6-11-17(16)21(18)25/h2-6,8-11H,7,12-14H2,1H3,(H,24,26)(H,27,28). The SMILES string of the molecule is COCCCNC(=O)c1c(C(=O)O)c(-c2ccccc2)n2c1-c1ccccc1C2. The Morgan fingerprint density at radius 1 is 1.03 bits per heavy atom. The van der Waals surface area contributed by atoms with Crippen LogP contribution >= 0.6 is 0 Å². The molecule has 0 saturated carbocycles. The Morgan fingerprint density at radius 3 is 2.48 bits per heavy atom. The first-order valence-electron chi connectivity index (χ1n) is 9.54. The molecule has 0 fully saturated rings. The quantitative estimate of drug-likeness (QED) is 0.472. The van der Waals surface area contributed by atoms with Crippen LogP contribution in [0.2, 0.25) is 0 Å². The van der Waals surface area contributed by atoms with Crippen LogP contribution in [0.1, 0.15) is 32.7 Å². The van der Waals surface area contributed by atoms with Gasteiger partial charge < -0.3 is 19.7 Å². The summed E-state index contributed by atoms with van der Waals surface area (Å²) in [5.74, 6) is -1.48. The second kappa shape index (κ2) is 7.93. The Bertz CT molecular complexity index is 1070. The third kappa shape index (κ3) is 3.32. The number of carboxylic acids is 1. The van der Waals surface area contributed by atoms with Gasteiger partial charge in [-0.25, -0.2) is 4.79 Å². The molecule has 29 heavy (non-hydrogen) atoms. The molecule has 0 unspecified atom stereocenters. The summed E-state index contributed by atoms with van der Waals surface area (Å²) in [4.78, 5) is 25.4. The molecule has 148 valence electrons. The summed E-state index contributed by atoms with van der Waals surface area (Å²) in [5, 5.41) is 12.9. The van der Waals surface area contributed by atoms with E-state index in [2.05, 4.69) is 5.32 Å². The monoisotopic (exact) mass is 390 g/mol. The van der Waals surface area contributed by atoms with E-state index in [-0.39, 0.29) is 17.0 Å². The fourth-order valence-corrected chi connectivity index (χ4v) is 3.95. The number of benzene rings is 2. The van der Waals surface area contributed by atoms with Gasteiger partial charge in [0.15, 0.2) is 0 Å². The Hall–Kier alpha value is -3.38. The van der Waals surface area contributed by atoms with Gasteiger partial charge in [-0.05, 0) is 17.5 Å². The van der Waals surface area contributed by atoms with Crippen molar-refractivity contribution in [3.63, 3.8) is 0 Å². The predicted octanol–water partition coefficient (Wildman–Crippen LogP) is 3.65. The maximum Gasteiger partial charge on any atom is 0.338 e. The zero-order valence-electron chi connectivity index (χ0n) is 16.1. The Kier molecular flexibility index (Phi) is 5.18. The van der Waals surface area contributed by atoms with E-state index in [1.54, 1.807) is 7.11 Å². The van der Waals surface area contributed by atoms with Crippen molar-refractivity contribution in [1.82, 2.24) is 9.88 Å². The lowest BCUT2D eigenvalue weighted by molar-refractivity contribution is 0.0692. The van der Waals surface area contributed by atoms with E-state index in [0.717, 1.165) is 16.7 Å². The number of amides is 1. The molecule has 1 amide bonds. The molecule has 1 aliphatic heterocycles. The lowest BCUT2D eigenvalue weighted by Crippen LogP contribution is -2.27. The molecule has 3 aromatic rings. The molecule has 0 bridgehead atoms. The zero-order chi connectivity index (χ0) is 20.4. The summed E-state index contributed by atoms with van der Waals surface area (Å²) in [7, 11) is 1.61. The van der Waals surface area contributed by atoms with Crippen molar-refractivity contribution in [1.29, 1.82) is 0 Å². The molecule has 0 radical (unpaired) electrons. The summed E-state index contributed by atoms with van der Waals surface area (Å²) in [6, 6.07) is 17.2. The van der Waals surface area contributed by atoms with Crippen molar-refractivity contribution in [3.05, 3.63) is 71.3 Å². The van der Waals surface area contributed by atoms with Crippen LogP contribution in [0.5, 0.6) is 0 Å². The first-order valence-corrected chi connectivity index (χ1v) is 9.54. The summed E-state index contributed by atoms with van der Waals surface area (Å²) >= 11 is 0. The molecule has 1 aliphatic rings. The summed E-state index contributed by atoms with van der Waals surface area (Å²) in [6.45, 7) is 1.48. The maximum atomic E-state index is 13.1. The van der Waals surface area contributed by atoms with E-state index in [9.17, 15) is 14.7 Å². The van der Waals surface area contributed by atoms with Crippen LogP contribution in [0.3, 0.4) is 0 Å². The number of hydrogen-bond acceptors (Lipinski definition) is 3. The second-order valence-corrected chi connectivity index (χ2v) is 6.96. The second-order valence-electron chi connectivity index (χ2n) is 6.96. The number of aromatic carboxylic acids is 1. The number of fused-ring (bicyclic) bond motifs is 3. The topological polar surface area (TPSA) is 80.6 Å². The highest BCUT2D eigenvalue weighted by Crippen LogP contribution is 2.43.